The van der Waals surface area contributed by atoms with Crippen LogP contribution in [-0.4, -0.2) is 39.9 Å². The fourth-order valence-electron chi connectivity index (χ4n) is 2.37. The van der Waals surface area contributed by atoms with Crippen LogP contribution in [0.4, 0.5) is 5.82 Å². The van der Waals surface area contributed by atoms with E-state index in [0.717, 1.165) is 29.9 Å². The van der Waals surface area contributed by atoms with Gasteiger partial charge in [0.1, 0.15) is 17.4 Å². The van der Waals surface area contributed by atoms with Crippen molar-refractivity contribution in [3.63, 3.8) is 0 Å². The molecule has 0 saturated heterocycles. The third-order valence-electron chi connectivity index (χ3n) is 3.30. The van der Waals surface area contributed by atoms with E-state index in [1.165, 1.54) is 0 Å². The maximum absolute atomic E-state index is 11.8. The van der Waals surface area contributed by atoms with Crippen molar-refractivity contribution in [2.24, 2.45) is 12.8 Å². The molecule has 7 heteroatoms. The highest BCUT2D eigenvalue weighted by molar-refractivity contribution is 7.80. The van der Waals surface area contributed by atoms with Crippen LogP contribution in [0.5, 0.6) is 0 Å². The van der Waals surface area contributed by atoms with E-state index in [4.69, 9.17) is 22.7 Å². The van der Waals surface area contributed by atoms with Crippen molar-refractivity contribution in [1.29, 1.82) is 0 Å². The zero-order valence-electron chi connectivity index (χ0n) is 12.0. The third kappa shape index (κ3) is 2.92. The SMILES string of the molecule is CCOC(=O)CN(c1c(C(N)=S)c(C)nn1C)C1CC1. The summed E-state index contributed by atoms with van der Waals surface area (Å²) in [6.45, 7) is 4.25. The van der Waals surface area contributed by atoms with Gasteiger partial charge in [0.15, 0.2) is 0 Å². The van der Waals surface area contributed by atoms with Crippen LogP contribution >= 0.6 is 12.2 Å². The highest BCUT2D eigenvalue weighted by Crippen LogP contribution is 2.34. The lowest BCUT2D eigenvalue weighted by Gasteiger charge is -2.24. The van der Waals surface area contributed by atoms with Crippen LogP contribution in [0.25, 0.3) is 0 Å². The summed E-state index contributed by atoms with van der Waals surface area (Å²) in [4.78, 5) is 14.1. The predicted octanol–water partition coefficient (Wildman–Crippen LogP) is 0.895. The van der Waals surface area contributed by atoms with Gasteiger partial charge >= 0.3 is 5.97 Å². The first kappa shape index (κ1) is 14.8. The van der Waals surface area contributed by atoms with Crippen molar-refractivity contribution < 1.29 is 9.53 Å². The van der Waals surface area contributed by atoms with Crippen molar-refractivity contribution in [2.75, 3.05) is 18.1 Å². The first-order chi connectivity index (χ1) is 9.45. The number of thiocarbonyl (C=S) groups is 1. The summed E-state index contributed by atoms with van der Waals surface area (Å²) in [7, 11) is 1.84. The number of nitrogens with zero attached hydrogens (tertiary/aromatic N) is 3. The monoisotopic (exact) mass is 296 g/mol. The Morgan fingerprint density at radius 3 is 2.75 bits per heavy atom. The predicted molar refractivity (Wildman–Crippen MR) is 80.8 cm³/mol. The summed E-state index contributed by atoms with van der Waals surface area (Å²) >= 11 is 5.12. The fraction of sp³-hybridized carbons (Fsp3) is 0.615. The molecule has 0 spiro atoms. The lowest BCUT2D eigenvalue weighted by Crippen LogP contribution is -2.35. The molecule has 0 radical (unpaired) electrons. The molecule has 1 aliphatic rings. The molecule has 1 heterocycles. The minimum absolute atomic E-state index is 0.201. The minimum Gasteiger partial charge on any atom is -0.465 e. The van der Waals surface area contributed by atoms with Gasteiger partial charge < -0.3 is 15.4 Å². The summed E-state index contributed by atoms with van der Waals surface area (Å²) < 4.78 is 6.78. The Kier molecular flexibility index (Phi) is 4.27. The number of hydrogen-bond donors (Lipinski definition) is 1. The van der Waals surface area contributed by atoms with Gasteiger partial charge in [-0.3, -0.25) is 9.48 Å². The Morgan fingerprint density at radius 2 is 2.25 bits per heavy atom. The molecular weight excluding hydrogens is 276 g/mol. The number of carbonyl (C=O) groups is 1. The second-order valence-electron chi connectivity index (χ2n) is 4.94. The standard InChI is InChI=1S/C13H20N4O2S/c1-4-19-10(18)7-17(9-5-6-9)13-11(12(14)20)8(2)15-16(13)3/h9H,4-7H2,1-3H3,(H2,14,20). The van der Waals surface area contributed by atoms with Crippen LogP contribution in [0, 0.1) is 6.92 Å². The Balaban J connectivity index is 2.34. The number of esters is 1. The van der Waals surface area contributed by atoms with E-state index in [1.807, 2.05) is 18.9 Å². The summed E-state index contributed by atoms with van der Waals surface area (Å²) in [5.74, 6) is 0.567. The number of hydrogen-bond acceptors (Lipinski definition) is 5. The number of anilines is 1. The molecule has 1 aliphatic carbocycles. The van der Waals surface area contributed by atoms with Crippen LogP contribution in [0.1, 0.15) is 31.0 Å². The molecule has 0 aliphatic heterocycles. The van der Waals surface area contributed by atoms with Crippen molar-refractivity contribution in [1.82, 2.24) is 9.78 Å². The molecule has 0 aromatic carbocycles. The van der Waals surface area contributed by atoms with E-state index in [0.29, 0.717) is 17.6 Å². The van der Waals surface area contributed by atoms with Gasteiger partial charge in [0.05, 0.1) is 17.9 Å². The number of aryl methyl sites for hydroxylation is 2. The van der Waals surface area contributed by atoms with E-state index in [1.54, 1.807) is 11.6 Å². The number of nitrogens with two attached hydrogens (primary N) is 1. The minimum atomic E-state index is -0.243. The summed E-state index contributed by atoms with van der Waals surface area (Å²) in [5.41, 5.74) is 7.34. The van der Waals surface area contributed by atoms with Gasteiger partial charge in [0, 0.05) is 13.1 Å². The maximum atomic E-state index is 11.8. The summed E-state index contributed by atoms with van der Waals surface area (Å²) in [5, 5.41) is 4.37. The molecule has 6 nitrogen and oxygen atoms in total. The second-order valence-corrected chi connectivity index (χ2v) is 5.38. The van der Waals surface area contributed by atoms with Crippen LogP contribution in [0.15, 0.2) is 0 Å². The lowest BCUT2D eigenvalue weighted by molar-refractivity contribution is -0.141. The number of rotatable bonds is 6. The zero-order valence-corrected chi connectivity index (χ0v) is 12.9. The molecule has 2 N–H and O–H groups in total. The molecule has 0 amide bonds. The van der Waals surface area contributed by atoms with E-state index < -0.39 is 0 Å². The second kappa shape index (κ2) is 5.78. The van der Waals surface area contributed by atoms with Crippen LogP contribution in [0.2, 0.25) is 0 Å². The van der Waals surface area contributed by atoms with E-state index in [2.05, 4.69) is 5.10 Å². The molecule has 1 saturated carbocycles. The quantitative estimate of drug-likeness (QED) is 0.621. The van der Waals surface area contributed by atoms with E-state index in [-0.39, 0.29) is 12.5 Å². The molecule has 1 aromatic rings. The molecular formula is C13H20N4O2S. The molecule has 110 valence electrons. The Labute approximate surface area is 123 Å². The molecule has 2 rings (SSSR count). The third-order valence-corrected chi connectivity index (χ3v) is 3.51. The van der Waals surface area contributed by atoms with Crippen molar-refractivity contribution in [3.05, 3.63) is 11.3 Å². The largest absolute Gasteiger partial charge is 0.465 e. The maximum Gasteiger partial charge on any atom is 0.325 e. The van der Waals surface area contributed by atoms with Gasteiger partial charge in [0.2, 0.25) is 0 Å². The smallest absolute Gasteiger partial charge is 0.325 e. The highest BCUT2D eigenvalue weighted by Gasteiger charge is 2.35. The highest BCUT2D eigenvalue weighted by atomic mass is 32.1. The van der Waals surface area contributed by atoms with E-state index >= 15 is 0 Å². The molecule has 0 atom stereocenters. The van der Waals surface area contributed by atoms with Gasteiger partial charge in [-0.15, -0.1) is 0 Å². The molecule has 0 bridgehead atoms. The van der Waals surface area contributed by atoms with Crippen LogP contribution in [0.3, 0.4) is 0 Å². The van der Waals surface area contributed by atoms with Gasteiger partial charge in [-0.1, -0.05) is 12.2 Å². The molecule has 1 fully saturated rings. The summed E-state index contributed by atoms with van der Waals surface area (Å²) in [6, 6.07) is 0.335. The average Bonchev–Trinajstić information content (AvgIpc) is 3.12. The molecule has 0 unspecified atom stereocenters. The average molecular weight is 296 g/mol. The molecule has 20 heavy (non-hydrogen) atoms. The van der Waals surface area contributed by atoms with Gasteiger partial charge in [-0.25, -0.2) is 0 Å². The van der Waals surface area contributed by atoms with Crippen LogP contribution < -0.4 is 10.6 Å². The number of ether oxygens (including phenoxy) is 1. The van der Waals surface area contributed by atoms with Crippen LogP contribution in [-0.2, 0) is 16.6 Å². The van der Waals surface area contributed by atoms with Gasteiger partial charge in [-0.2, -0.15) is 5.10 Å². The normalized spacial score (nSPS) is 14.2. The lowest BCUT2D eigenvalue weighted by atomic mass is 10.2. The molecule has 1 aromatic heterocycles. The van der Waals surface area contributed by atoms with Crippen molar-refractivity contribution >= 4 is 29.0 Å². The number of carbonyl (C=O) groups excluding carboxylic acids is 1. The Hall–Kier alpha value is -1.63. The number of aromatic nitrogens is 2. The zero-order chi connectivity index (χ0) is 14.9. The Bertz CT molecular complexity index is 537. The topological polar surface area (TPSA) is 73.4 Å². The Morgan fingerprint density at radius 1 is 1.60 bits per heavy atom. The fourth-order valence-corrected chi connectivity index (χ4v) is 2.61. The van der Waals surface area contributed by atoms with E-state index in [9.17, 15) is 4.79 Å². The van der Waals surface area contributed by atoms with Crippen molar-refractivity contribution in [3.8, 4) is 0 Å². The van der Waals surface area contributed by atoms with Gasteiger partial charge in [-0.05, 0) is 26.7 Å². The van der Waals surface area contributed by atoms with Crippen molar-refractivity contribution in [2.45, 2.75) is 32.7 Å². The summed E-state index contributed by atoms with van der Waals surface area (Å²) in [6.07, 6.45) is 2.11. The first-order valence-corrected chi connectivity index (χ1v) is 7.12. The first-order valence-electron chi connectivity index (χ1n) is 6.71. The van der Waals surface area contributed by atoms with Gasteiger partial charge in [0.25, 0.3) is 0 Å².